The van der Waals surface area contributed by atoms with Crippen molar-refractivity contribution in [3.8, 4) is 0 Å². The summed E-state index contributed by atoms with van der Waals surface area (Å²) in [6.45, 7) is 3.68. The number of hydrogen-bond acceptors (Lipinski definition) is 4. The van der Waals surface area contributed by atoms with E-state index in [0.29, 0.717) is 10.8 Å². The predicted molar refractivity (Wildman–Crippen MR) is 85.8 cm³/mol. The smallest absolute Gasteiger partial charge is 0.242 e. The molecular formula is C15H16ClN3OS. The molecule has 3 heterocycles. The van der Waals surface area contributed by atoms with Crippen LogP contribution in [-0.2, 0) is 17.8 Å². The number of thiophene rings is 1. The number of anilines is 1. The van der Waals surface area contributed by atoms with Crippen LogP contribution in [0.25, 0.3) is 0 Å². The minimum Gasteiger partial charge on any atom is -0.309 e. The van der Waals surface area contributed by atoms with Gasteiger partial charge in [0.1, 0.15) is 5.82 Å². The lowest BCUT2D eigenvalue weighted by Gasteiger charge is -2.31. The molecule has 21 heavy (non-hydrogen) atoms. The standard InChI is InChI=1S/C15H16ClN3OS/c1-10(15(20)18-14-3-2-12(16)8-17-14)19-6-4-13-11(9-19)5-7-21-13/h2-3,5,7-8,10H,4,6,9H2,1H3,(H,17,18,20)/t10-/m1/s1. The van der Waals surface area contributed by atoms with Gasteiger partial charge in [0.15, 0.2) is 0 Å². The SMILES string of the molecule is C[C@H](C(=O)Nc1ccc(Cl)cn1)N1CCc2sccc2C1. The van der Waals surface area contributed by atoms with Gasteiger partial charge in [-0.3, -0.25) is 9.69 Å². The predicted octanol–water partition coefficient (Wildman–Crippen LogP) is 3.18. The van der Waals surface area contributed by atoms with Gasteiger partial charge in [-0.25, -0.2) is 4.98 Å². The molecule has 1 amide bonds. The van der Waals surface area contributed by atoms with E-state index in [1.807, 2.05) is 6.92 Å². The maximum atomic E-state index is 12.3. The fraction of sp³-hybridized carbons (Fsp3) is 0.333. The van der Waals surface area contributed by atoms with E-state index in [1.54, 1.807) is 23.5 Å². The average Bonchev–Trinajstić information content (AvgIpc) is 2.96. The van der Waals surface area contributed by atoms with Crippen molar-refractivity contribution in [1.82, 2.24) is 9.88 Å². The number of carbonyl (C=O) groups is 1. The molecule has 0 aromatic carbocycles. The van der Waals surface area contributed by atoms with Gasteiger partial charge >= 0.3 is 0 Å². The van der Waals surface area contributed by atoms with Crippen LogP contribution in [0.4, 0.5) is 5.82 Å². The van der Waals surface area contributed by atoms with E-state index >= 15 is 0 Å². The van der Waals surface area contributed by atoms with Crippen molar-refractivity contribution in [2.75, 3.05) is 11.9 Å². The highest BCUT2D eigenvalue weighted by Gasteiger charge is 2.26. The monoisotopic (exact) mass is 321 g/mol. The topological polar surface area (TPSA) is 45.2 Å². The Morgan fingerprint density at radius 2 is 2.33 bits per heavy atom. The molecule has 4 nitrogen and oxygen atoms in total. The van der Waals surface area contributed by atoms with Gasteiger partial charge < -0.3 is 5.32 Å². The Morgan fingerprint density at radius 1 is 1.48 bits per heavy atom. The summed E-state index contributed by atoms with van der Waals surface area (Å²) in [5.41, 5.74) is 1.34. The first-order valence-electron chi connectivity index (χ1n) is 6.85. The molecule has 0 unspecified atom stereocenters. The number of pyridine rings is 1. The number of carbonyl (C=O) groups excluding carboxylic acids is 1. The van der Waals surface area contributed by atoms with Gasteiger partial charge in [-0.2, -0.15) is 0 Å². The first-order valence-corrected chi connectivity index (χ1v) is 8.11. The Kier molecular flexibility index (Phi) is 4.24. The quantitative estimate of drug-likeness (QED) is 0.944. The van der Waals surface area contributed by atoms with Crippen LogP contribution in [-0.4, -0.2) is 28.4 Å². The molecule has 0 bridgehead atoms. The van der Waals surface area contributed by atoms with Crippen LogP contribution < -0.4 is 5.32 Å². The van der Waals surface area contributed by atoms with Crippen LogP contribution in [0, 0.1) is 0 Å². The Bertz CT molecular complexity index is 641. The summed E-state index contributed by atoms with van der Waals surface area (Å²) in [6, 6.07) is 5.39. The van der Waals surface area contributed by atoms with Crippen LogP contribution in [0.3, 0.4) is 0 Å². The molecular weight excluding hydrogens is 306 g/mol. The molecule has 110 valence electrons. The van der Waals surface area contributed by atoms with Crippen molar-refractivity contribution in [2.24, 2.45) is 0 Å². The number of fused-ring (bicyclic) bond motifs is 1. The first-order chi connectivity index (χ1) is 10.1. The van der Waals surface area contributed by atoms with Crippen LogP contribution >= 0.6 is 22.9 Å². The Hall–Kier alpha value is -1.43. The van der Waals surface area contributed by atoms with Crippen molar-refractivity contribution >= 4 is 34.7 Å². The minimum atomic E-state index is -0.185. The summed E-state index contributed by atoms with van der Waals surface area (Å²) in [7, 11) is 0. The molecule has 2 aromatic heterocycles. The van der Waals surface area contributed by atoms with E-state index in [4.69, 9.17) is 11.6 Å². The molecule has 1 aliphatic heterocycles. The third-order valence-electron chi connectivity index (χ3n) is 3.74. The summed E-state index contributed by atoms with van der Waals surface area (Å²) in [5, 5.41) is 5.52. The average molecular weight is 322 g/mol. The molecule has 0 radical (unpaired) electrons. The summed E-state index contributed by atoms with van der Waals surface area (Å²) in [4.78, 5) is 20.1. The number of amides is 1. The lowest BCUT2D eigenvalue weighted by Crippen LogP contribution is -2.44. The molecule has 2 aromatic rings. The number of aromatic nitrogens is 1. The number of halogens is 1. The fourth-order valence-electron chi connectivity index (χ4n) is 2.45. The van der Waals surface area contributed by atoms with Crippen molar-refractivity contribution < 1.29 is 4.79 Å². The van der Waals surface area contributed by atoms with Crippen LogP contribution in [0.15, 0.2) is 29.8 Å². The van der Waals surface area contributed by atoms with E-state index in [9.17, 15) is 4.79 Å². The Labute approximate surface area is 132 Å². The second-order valence-electron chi connectivity index (χ2n) is 5.12. The summed E-state index contributed by atoms with van der Waals surface area (Å²) in [5.74, 6) is 0.494. The molecule has 0 aliphatic carbocycles. The zero-order valence-electron chi connectivity index (χ0n) is 11.7. The van der Waals surface area contributed by atoms with Crippen molar-refractivity contribution in [1.29, 1.82) is 0 Å². The summed E-state index contributed by atoms with van der Waals surface area (Å²) < 4.78 is 0. The largest absolute Gasteiger partial charge is 0.309 e. The number of nitrogens with zero attached hydrogens (tertiary/aromatic N) is 2. The number of nitrogens with one attached hydrogen (secondary N) is 1. The molecule has 1 atom stereocenters. The van der Waals surface area contributed by atoms with E-state index in [0.717, 1.165) is 19.5 Å². The zero-order valence-corrected chi connectivity index (χ0v) is 13.2. The van der Waals surface area contributed by atoms with Gasteiger partial charge in [-0.15, -0.1) is 11.3 Å². The molecule has 6 heteroatoms. The second-order valence-corrected chi connectivity index (χ2v) is 6.55. The van der Waals surface area contributed by atoms with Gasteiger partial charge in [-0.05, 0) is 42.5 Å². The normalized spacial score (nSPS) is 16.3. The van der Waals surface area contributed by atoms with E-state index < -0.39 is 0 Å². The first kappa shape index (κ1) is 14.5. The highest BCUT2D eigenvalue weighted by molar-refractivity contribution is 7.10. The Morgan fingerprint density at radius 3 is 3.10 bits per heavy atom. The molecule has 1 N–H and O–H groups in total. The van der Waals surface area contributed by atoms with Gasteiger partial charge in [0.05, 0.1) is 11.1 Å². The minimum absolute atomic E-state index is 0.0384. The van der Waals surface area contributed by atoms with Gasteiger partial charge in [0.2, 0.25) is 5.91 Å². The third kappa shape index (κ3) is 3.26. The van der Waals surface area contributed by atoms with Crippen molar-refractivity contribution in [2.45, 2.75) is 25.9 Å². The van der Waals surface area contributed by atoms with Gasteiger partial charge in [0, 0.05) is 24.2 Å². The number of rotatable bonds is 3. The second kappa shape index (κ2) is 6.13. The van der Waals surface area contributed by atoms with Gasteiger partial charge in [-0.1, -0.05) is 11.6 Å². The number of hydrogen-bond donors (Lipinski definition) is 1. The van der Waals surface area contributed by atoms with Crippen molar-refractivity contribution in [3.05, 3.63) is 45.2 Å². The van der Waals surface area contributed by atoms with Crippen LogP contribution in [0.1, 0.15) is 17.4 Å². The molecule has 0 saturated heterocycles. The fourth-order valence-corrected chi connectivity index (χ4v) is 3.45. The molecule has 0 saturated carbocycles. The highest BCUT2D eigenvalue weighted by atomic mass is 35.5. The molecule has 3 rings (SSSR count). The van der Waals surface area contributed by atoms with Gasteiger partial charge in [0.25, 0.3) is 0 Å². The lowest BCUT2D eigenvalue weighted by atomic mass is 10.1. The lowest BCUT2D eigenvalue weighted by molar-refractivity contribution is -0.121. The molecule has 0 fully saturated rings. The maximum absolute atomic E-state index is 12.3. The summed E-state index contributed by atoms with van der Waals surface area (Å²) in [6.07, 6.45) is 2.55. The molecule has 0 spiro atoms. The van der Waals surface area contributed by atoms with Crippen molar-refractivity contribution in [3.63, 3.8) is 0 Å². The zero-order chi connectivity index (χ0) is 14.8. The maximum Gasteiger partial charge on any atom is 0.242 e. The van der Waals surface area contributed by atoms with E-state index in [2.05, 4.69) is 26.6 Å². The summed E-state index contributed by atoms with van der Waals surface area (Å²) >= 11 is 7.59. The third-order valence-corrected chi connectivity index (χ3v) is 4.99. The molecule has 1 aliphatic rings. The van der Waals surface area contributed by atoms with E-state index in [-0.39, 0.29) is 11.9 Å². The Balaban J connectivity index is 1.64. The highest BCUT2D eigenvalue weighted by Crippen LogP contribution is 2.25. The van der Waals surface area contributed by atoms with Crippen LogP contribution in [0.5, 0.6) is 0 Å². The van der Waals surface area contributed by atoms with Crippen LogP contribution in [0.2, 0.25) is 5.02 Å². The van der Waals surface area contributed by atoms with E-state index in [1.165, 1.54) is 16.6 Å².